The molecular formula is C41H52N8O6. The van der Waals surface area contributed by atoms with Gasteiger partial charge in [0.15, 0.2) is 0 Å². The topological polar surface area (TPSA) is 186 Å². The molecule has 4 heterocycles. The minimum Gasteiger partial charge on any atom is -0.465 e. The fraction of sp³-hybridized carbons (Fsp3) is 0.610. The van der Waals surface area contributed by atoms with Crippen molar-refractivity contribution in [2.45, 2.75) is 138 Å². The molecule has 2 bridgehead atoms. The number of carbonyl (C=O) groups is 4. The monoisotopic (exact) mass is 752 g/mol. The second-order valence-electron chi connectivity index (χ2n) is 17.1. The molecule has 7 fully saturated rings. The molecule has 292 valence electrons. The number of alkyl carbamates (subject to hydrolysis) is 1. The summed E-state index contributed by atoms with van der Waals surface area (Å²) in [5, 5.41) is 14.4. The third kappa shape index (κ3) is 6.06. The lowest BCUT2D eigenvalue weighted by Crippen LogP contribution is -2.49. The largest absolute Gasteiger partial charge is 0.465 e. The van der Waals surface area contributed by atoms with Gasteiger partial charge in [0.25, 0.3) is 0 Å². The molecule has 5 N–H and O–H groups in total. The quantitative estimate of drug-likeness (QED) is 0.162. The molecule has 5 aliphatic carbocycles. The average Bonchev–Trinajstić information content (AvgIpc) is 3.79. The number of H-pyrrole nitrogens is 2. The molecule has 55 heavy (non-hydrogen) atoms. The van der Waals surface area contributed by atoms with E-state index in [2.05, 4.69) is 44.9 Å². The number of hydrogen-bond donors (Lipinski definition) is 5. The molecule has 0 unspecified atom stereocenters. The van der Waals surface area contributed by atoms with Crippen LogP contribution in [0.3, 0.4) is 0 Å². The molecular weight excluding hydrogens is 701 g/mol. The summed E-state index contributed by atoms with van der Waals surface area (Å²) in [5.41, 5.74) is 4.74. The number of piperidine rings is 2. The van der Waals surface area contributed by atoms with E-state index in [0.717, 1.165) is 87.1 Å². The van der Waals surface area contributed by atoms with Crippen LogP contribution in [0.25, 0.3) is 11.3 Å². The second-order valence-corrected chi connectivity index (χ2v) is 17.1. The van der Waals surface area contributed by atoms with Crippen LogP contribution in [-0.2, 0) is 25.2 Å². The van der Waals surface area contributed by atoms with Crippen molar-refractivity contribution in [3.8, 4) is 11.3 Å². The predicted octanol–water partition coefficient (Wildman–Crippen LogP) is 5.85. The smallest absolute Gasteiger partial charge is 0.407 e. The van der Waals surface area contributed by atoms with Gasteiger partial charge in [-0.05, 0) is 105 Å². The number of carbonyl (C=O) groups excluding carboxylic acids is 3. The van der Waals surface area contributed by atoms with Gasteiger partial charge in [-0.3, -0.25) is 9.59 Å². The SMILES string of the molecule is CC[C@H](NC(=O)O)C(=O)N1[C@@H]2C[C@@H]2C[C@H]1c1ncc(-c2ccc(C34CCC(c5cnc([C@@H]6C[C@H]7C[C@H]7N6C(=O)[C@H](CC)NC(=O)OC)[nH]5)(CC3)CC4)cc2)[nH]1. The van der Waals surface area contributed by atoms with E-state index in [0.29, 0.717) is 24.7 Å². The van der Waals surface area contributed by atoms with Crippen LogP contribution in [0.2, 0.25) is 0 Å². The first-order valence-corrected chi connectivity index (χ1v) is 20.3. The van der Waals surface area contributed by atoms with Crippen molar-refractivity contribution < 1.29 is 29.0 Å². The number of amides is 4. The summed E-state index contributed by atoms with van der Waals surface area (Å²) in [5.74, 6) is 2.33. The lowest BCUT2D eigenvalue weighted by molar-refractivity contribution is -0.136. The molecule has 5 saturated carbocycles. The number of hydrogen-bond acceptors (Lipinski definition) is 7. The van der Waals surface area contributed by atoms with Gasteiger partial charge in [-0.2, -0.15) is 0 Å². The Balaban J connectivity index is 0.855. The maximum atomic E-state index is 13.7. The lowest BCUT2D eigenvalue weighted by Gasteiger charge is -2.53. The molecule has 2 aromatic heterocycles. The Morgan fingerprint density at radius 2 is 1.31 bits per heavy atom. The number of nitrogens with one attached hydrogen (secondary N) is 4. The van der Waals surface area contributed by atoms with Gasteiger partial charge in [-0.1, -0.05) is 38.1 Å². The zero-order valence-corrected chi connectivity index (χ0v) is 31.8. The van der Waals surface area contributed by atoms with Crippen molar-refractivity contribution in [3.63, 3.8) is 0 Å². The molecule has 1 aromatic carbocycles. The standard InChI is InChI=1S/C41H52N8O6/c1-4-26(45-38(52)53)36(50)48-29-16-23(29)18-31(48)34-42-20-28(44-34)22-6-8-25(9-7-22)40-10-13-41(14-11-40,15-12-40)33-21-43-35(47-33)32-19-24-17-30(24)49(32)37(51)27(5-2)46-39(54)55-3/h6-9,20-21,23-24,26-27,29-32,45H,4-5,10-19H2,1-3H3,(H,42,44)(H,43,47)(H,46,54)(H,52,53)/t23-,24-,26+,27+,29-,30-,31+,32+,40?,41?/m1/s1. The van der Waals surface area contributed by atoms with Gasteiger partial charge >= 0.3 is 12.2 Å². The Kier molecular flexibility index (Phi) is 8.72. The van der Waals surface area contributed by atoms with Crippen LogP contribution in [0.5, 0.6) is 0 Å². The van der Waals surface area contributed by atoms with Crippen molar-refractivity contribution in [1.82, 2.24) is 40.4 Å². The maximum Gasteiger partial charge on any atom is 0.407 e. The number of aromatic nitrogens is 4. The predicted molar refractivity (Wildman–Crippen MR) is 201 cm³/mol. The van der Waals surface area contributed by atoms with E-state index >= 15 is 0 Å². The molecule has 10 rings (SSSR count). The minimum absolute atomic E-state index is 0.0563. The molecule has 2 aliphatic heterocycles. The molecule has 2 saturated heterocycles. The van der Waals surface area contributed by atoms with Gasteiger partial charge in [0, 0.05) is 29.4 Å². The van der Waals surface area contributed by atoms with Crippen LogP contribution in [0.4, 0.5) is 9.59 Å². The Labute approximate surface area is 320 Å². The van der Waals surface area contributed by atoms with Crippen molar-refractivity contribution in [2.75, 3.05) is 7.11 Å². The van der Waals surface area contributed by atoms with Crippen molar-refractivity contribution in [1.29, 1.82) is 0 Å². The summed E-state index contributed by atoms with van der Waals surface area (Å²) in [7, 11) is 1.31. The van der Waals surface area contributed by atoms with Crippen LogP contribution in [0.1, 0.15) is 126 Å². The number of nitrogens with zero attached hydrogens (tertiary/aromatic N) is 4. The number of methoxy groups -OCH3 is 1. The number of likely N-dealkylation sites (tertiary alicyclic amines) is 2. The molecule has 8 atom stereocenters. The third-order valence-corrected chi connectivity index (χ3v) is 14.4. The number of benzene rings is 1. The summed E-state index contributed by atoms with van der Waals surface area (Å²) < 4.78 is 4.78. The lowest BCUT2D eigenvalue weighted by atomic mass is 9.51. The van der Waals surface area contributed by atoms with E-state index in [4.69, 9.17) is 14.7 Å². The number of imidazole rings is 2. The van der Waals surface area contributed by atoms with E-state index in [1.807, 2.05) is 36.0 Å². The van der Waals surface area contributed by atoms with Crippen LogP contribution in [0.15, 0.2) is 36.7 Å². The fourth-order valence-corrected chi connectivity index (χ4v) is 10.9. The highest BCUT2D eigenvalue weighted by Gasteiger charge is 2.58. The Morgan fingerprint density at radius 3 is 1.85 bits per heavy atom. The van der Waals surface area contributed by atoms with Crippen LogP contribution >= 0.6 is 0 Å². The zero-order valence-electron chi connectivity index (χ0n) is 31.8. The second kappa shape index (κ2) is 13.4. The average molecular weight is 753 g/mol. The number of carboxylic acid groups (broad SMARTS) is 1. The maximum absolute atomic E-state index is 13.7. The molecule has 14 nitrogen and oxygen atoms in total. The fourth-order valence-electron chi connectivity index (χ4n) is 10.9. The van der Waals surface area contributed by atoms with E-state index in [9.17, 15) is 24.3 Å². The minimum atomic E-state index is -1.18. The van der Waals surface area contributed by atoms with Gasteiger partial charge in [-0.15, -0.1) is 0 Å². The molecule has 4 amide bonds. The van der Waals surface area contributed by atoms with E-state index < -0.39 is 24.3 Å². The Hall–Kier alpha value is -4.88. The Bertz CT molecular complexity index is 1970. The molecule has 14 heteroatoms. The highest BCUT2D eigenvalue weighted by Crippen LogP contribution is 2.59. The number of fused-ring (bicyclic) bond motifs is 5. The van der Waals surface area contributed by atoms with Crippen LogP contribution in [0, 0.1) is 11.8 Å². The van der Waals surface area contributed by atoms with Crippen LogP contribution in [-0.4, -0.2) is 90.1 Å². The Morgan fingerprint density at radius 1 is 0.782 bits per heavy atom. The van der Waals surface area contributed by atoms with Crippen molar-refractivity contribution in [2.24, 2.45) is 11.8 Å². The highest BCUT2D eigenvalue weighted by atomic mass is 16.5. The van der Waals surface area contributed by atoms with E-state index in [1.165, 1.54) is 18.4 Å². The molecule has 0 radical (unpaired) electrons. The number of rotatable bonds is 11. The summed E-state index contributed by atoms with van der Waals surface area (Å²) in [4.78, 5) is 71.2. The van der Waals surface area contributed by atoms with E-state index in [-0.39, 0.29) is 46.8 Å². The zero-order chi connectivity index (χ0) is 38.2. The van der Waals surface area contributed by atoms with Gasteiger partial charge in [-0.25, -0.2) is 19.6 Å². The van der Waals surface area contributed by atoms with Crippen LogP contribution < -0.4 is 10.6 Å². The summed E-state index contributed by atoms with van der Waals surface area (Å²) >= 11 is 0. The highest BCUT2D eigenvalue weighted by molar-refractivity contribution is 5.87. The molecule has 3 aromatic rings. The first-order valence-electron chi connectivity index (χ1n) is 20.3. The normalized spacial score (nSPS) is 32.3. The van der Waals surface area contributed by atoms with Gasteiger partial charge in [0.05, 0.1) is 31.1 Å². The summed E-state index contributed by atoms with van der Waals surface area (Å²) in [6.07, 6.45) is 13.3. The van der Waals surface area contributed by atoms with Gasteiger partial charge < -0.3 is 40.2 Å². The van der Waals surface area contributed by atoms with Crippen molar-refractivity contribution >= 4 is 24.0 Å². The number of ether oxygens (including phenoxy) is 1. The third-order valence-electron chi connectivity index (χ3n) is 14.4. The van der Waals surface area contributed by atoms with E-state index in [1.54, 1.807) is 0 Å². The number of aromatic amines is 2. The van der Waals surface area contributed by atoms with Crippen molar-refractivity contribution in [3.05, 3.63) is 59.6 Å². The first kappa shape index (κ1) is 35.8. The molecule has 7 aliphatic rings. The molecule has 0 spiro atoms. The summed E-state index contributed by atoms with van der Waals surface area (Å²) in [6.45, 7) is 3.73. The van der Waals surface area contributed by atoms with Gasteiger partial charge in [0.1, 0.15) is 23.7 Å². The first-order chi connectivity index (χ1) is 26.6. The summed E-state index contributed by atoms with van der Waals surface area (Å²) in [6, 6.07) is 7.63. The van der Waals surface area contributed by atoms with Gasteiger partial charge in [0.2, 0.25) is 11.8 Å².